The van der Waals surface area contributed by atoms with Crippen LogP contribution >= 0.6 is 11.6 Å². The molecule has 1 N–H and O–H groups in total. The van der Waals surface area contributed by atoms with Crippen LogP contribution in [0.4, 0.5) is 18.0 Å². The summed E-state index contributed by atoms with van der Waals surface area (Å²) in [6.07, 6.45) is 2.38. The van der Waals surface area contributed by atoms with Crippen molar-refractivity contribution >= 4 is 17.7 Å². The van der Waals surface area contributed by atoms with Crippen LogP contribution in [0, 0.1) is 5.92 Å². The summed E-state index contributed by atoms with van der Waals surface area (Å²) in [6, 6.07) is 5.22. The van der Waals surface area contributed by atoms with Gasteiger partial charge >= 0.3 is 12.3 Å². The lowest BCUT2D eigenvalue weighted by Gasteiger charge is -2.30. The maximum atomic E-state index is 13.5. The Labute approximate surface area is 223 Å². The van der Waals surface area contributed by atoms with Gasteiger partial charge in [-0.05, 0) is 64.5 Å². The van der Waals surface area contributed by atoms with Crippen LogP contribution in [0.5, 0.6) is 5.75 Å². The van der Waals surface area contributed by atoms with Crippen molar-refractivity contribution in [1.29, 1.82) is 0 Å². The van der Waals surface area contributed by atoms with E-state index in [-0.39, 0.29) is 28.5 Å². The highest BCUT2D eigenvalue weighted by Crippen LogP contribution is 2.37. The minimum absolute atomic E-state index is 0.0331. The molecule has 0 spiro atoms. The molecule has 38 heavy (non-hydrogen) atoms. The number of rotatable bonds is 6. The summed E-state index contributed by atoms with van der Waals surface area (Å²) in [5, 5.41) is 7.14. The Morgan fingerprint density at radius 3 is 2.53 bits per heavy atom. The van der Waals surface area contributed by atoms with Crippen molar-refractivity contribution < 1.29 is 27.4 Å². The van der Waals surface area contributed by atoms with Gasteiger partial charge in [0, 0.05) is 17.8 Å². The lowest BCUT2D eigenvalue weighted by atomic mass is 9.86. The highest BCUT2D eigenvalue weighted by atomic mass is 35.5. The number of carbonyl (C=O) groups excluding carboxylic acids is 1. The molecule has 1 fully saturated rings. The normalized spacial score (nSPS) is 18.2. The fourth-order valence-corrected chi connectivity index (χ4v) is 4.51. The number of aromatic nitrogens is 4. The molecule has 0 unspecified atom stereocenters. The van der Waals surface area contributed by atoms with Crippen molar-refractivity contribution in [3.8, 4) is 22.7 Å². The fourth-order valence-electron chi connectivity index (χ4n) is 4.32. The van der Waals surface area contributed by atoms with E-state index < -0.39 is 23.4 Å². The minimum atomic E-state index is -4.53. The topological polar surface area (TPSA) is 91.2 Å². The molecule has 204 valence electrons. The van der Waals surface area contributed by atoms with E-state index in [2.05, 4.69) is 20.4 Å². The van der Waals surface area contributed by atoms with Gasteiger partial charge in [0.2, 0.25) is 0 Å². The average molecular weight is 552 g/mol. The van der Waals surface area contributed by atoms with Crippen LogP contribution in [-0.4, -0.2) is 44.1 Å². The summed E-state index contributed by atoms with van der Waals surface area (Å²) < 4.78 is 53.0. The number of alkyl carbamates (subject to hydrolysis) is 1. The van der Waals surface area contributed by atoms with Gasteiger partial charge in [-0.3, -0.25) is 0 Å². The number of halogens is 4. The summed E-state index contributed by atoms with van der Waals surface area (Å²) >= 11 is 6.33. The third-order valence-corrected chi connectivity index (χ3v) is 6.37. The molecule has 1 aromatic carbocycles. The molecular weight excluding hydrogens is 523 g/mol. The Morgan fingerprint density at radius 2 is 1.84 bits per heavy atom. The highest BCUT2D eigenvalue weighted by molar-refractivity contribution is 6.31. The molecule has 12 heteroatoms. The van der Waals surface area contributed by atoms with Gasteiger partial charge in [-0.2, -0.15) is 18.3 Å². The molecule has 0 saturated heterocycles. The van der Waals surface area contributed by atoms with E-state index >= 15 is 0 Å². The predicted molar refractivity (Wildman–Crippen MR) is 135 cm³/mol. The molecule has 0 bridgehead atoms. The van der Waals surface area contributed by atoms with Gasteiger partial charge in [0.15, 0.2) is 10.9 Å². The third kappa shape index (κ3) is 6.94. The van der Waals surface area contributed by atoms with E-state index in [4.69, 9.17) is 21.1 Å². The SMILES string of the molecule is CC(C)(C)OC(=O)NC1CCC(COc2c(Cl)ncnc2-c2cnn(-c3ccccc3C(F)(F)F)c2)CC1. The maximum absolute atomic E-state index is 13.5. The molecule has 3 aromatic rings. The molecule has 1 saturated carbocycles. The van der Waals surface area contributed by atoms with Crippen molar-refractivity contribution in [2.24, 2.45) is 5.92 Å². The van der Waals surface area contributed by atoms with Gasteiger partial charge in [-0.15, -0.1) is 0 Å². The summed E-state index contributed by atoms with van der Waals surface area (Å²) in [5.74, 6) is 0.462. The molecule has 0 radical (unpaired) electrons. The smallest absolute Gasteiger partial charge is 0.418 e. The number of benzene rings is 1. The number of nitrogens with zero attached hydrogens (tertiary/aromatic N) is 4. The number of alkyl halides is 3. The Balaban J connectivity index is 1.42. The highest BCUT2D eigenvalue weighted by Gasteiger charge is 2.34. The number of ether oxygens (including phenoxy) is 2. The molecule has 0 aliphatic heterocycles. The number of para-hydroxylation sites is 1. The van der Waals surface area contributed by atoms with Gasteiger partial charge in [-0.25, -0.2) is 19.4 Å². The fraction of sp³-hybridized carbons (Fsp3) is 0.462. The molecule has 2 heterocycles. The summed E-state index contributed by atoms with van der Waals surface area (Å²) in [5.41, 5.74) is -0.691. The second-order valence-electron chi connectivity index (χ2n) is 10.2. The zero-order chi connectivity index (χ0) is 27.5. The number of hydrogen-bond donors (Lipinski definition) is 1. The molecule has 2 aromatic heterocycles. The average Bonchev–Trinajstić information content (AvgIpc) is 3.32. The molecule has 1 amide bonds. The van der Waals surface area contributed by atoms with Gasteiger partial charge in [0.25, 0.3) is 0 Å². The van der Waals surface area contributed by atoms with Crippen molar-refractivity contribution in [2.75, 3.05) is 6.61 Å². The molecule has 1 aliphatic carbocycles. The van der Waals surface area contributed by atoms with E-state index in [1.807, 2.05) is 20.8 Å². The van der Waals surface area contributed by atoms with Crippen LogP contribution in [0.25, 0.3) is 16.9 Å². The monoisotopic (exact) mass is 551 g/mol. The van der Waals surface area contributed by atoms with Crippen LogP contribution in [0.15, 0.2) is 43.0 Å². The first-order valence-corrected chi connectivity index (χ1v) is 12.6. The Kier molecular flexibility index (Phi) is 8.15. The Bertz CT molecular complexity index is 1270. The van der Waals surface area contributed by atoms with Crippen molar-refractivity contribution in [3.63, 3.8) is 0 Å². The van der Waals surface area contributed by atoms with E-state index in [0.717, 1.165) is 36.4 Å². The second-order valence-corrected chi connectivity index (χ2v) is 10.6. The number of carbonyl (C=O) groups is 1. The quantitative estimate of drug-likeness (QED) is 0.353. The first-order valence-electron chi connectivity index (χ1n) is 12.2. The summed E-state index contributed by atoms with van der Waals surface area (Å²) in [6.45, 7) is 5.81. The van der Waals surface area contributed by atoms with E-state index in [1.165, 1.54) is 36.9 Å². The van der Waals surface area contributed by atoms with Crippen LogP contribution < -0.4 is 10.1 Å². The number of hydrogen-bond acceptors (Lipinski definition) is 6. The first-order chi connectivity index (χ1) is 17.9. The third-order valence-electron chi connectivity index (χ3n) is 6.10. The standard InChI is InChI=1S/C26H29ClF3N5O3/c1-25(2,3)38-24(36)34-18-10-8-16(9-11-18)14-37-22-21(31-15-32-23(22)27)17-12-33-35(13-17)20-7-5-4-6-19(20)26(28,29)30/h4-7,12-13,15-16,18H,8-11,14H2,1-3H3,(H,34,36). The number of amides is 1. The Morgan fingerprint density at radius 1 is 1.13 bits per heavy atom. The van der Waals surface area contributed by atoms with E-state index in [0.29, 0.717) is 17.9 Å². The summed E-state index contributed by atoms with van der Waals surface area (Å²) in [4.78, 5) is 20.3. The van der Waals surface area contributed by atoms with Crippen LogP contribution in [0.2, 0.25) is 5.15 Å². The zero-order valence-corrected chi connectivity index (χ0v) is 22.0. The second kappa shape index (κ2) is 11.2. The number of nitrogens with one attached hydrogen (secondary N) is 1. The zero-order valence-electron chi connectivity index (χ0n) is 21.3. The molecular formula is C26H29ClF3N5O3. The summed E-state index contributed by atoms with van der Waals surface area (Å²) in [7, 11) is 0. The van der Waals surface area contributed by atoms with Crippen LogP contribution in [-0.2, 0) is 10.9 Å². The van der Waals surface area contributed by atoms with Gasteiger partial charge < -0.3 is 14.8 Å². The van der Waals surface area contributed by atoms with E-state index in [9.17, 15) is 18.0 Å². The molecule has 4 rings (SSSR count). The van der Waals surface area contributed by atoms with Gasteiger partial charge in [0.05, 0.1) is 24.1 Å². The molecule has 1 aliphatic rings. The predicted octanol–water partition coefficient (Wildman–Crippen LogP) is 6.46. The van der Waals surface area contributed by atoms with Gasteiger partial charge in [0.1, 0.15) is 17.6 Å². The minimum Gasteiger partial charge on any atom is -0.488 e. The van der Waals surface area contributed by atoms with Crippen LogP contribution in [0.3, 0.4) is 0 Å². The maximum Gasteiger partial charge on any atom is 0.418 e. The van der Waals surface area contributed by atoms with E-state index in [1.54, 1.807) is 0 Å². The molecule has 8 nitrogen and oxygen atoms in total. The lowest BCUT2D eigenvalue weighted by Crippen LogP contribution is -2.41. The van der Waals surface area contributed by atoms with Crippen molar-refractivity contribution in [3.05, 3.63) is 53.7 Å². The lowest BCUT2D eigenvalue weighted by molar-refractivity contribution is -0.137. The van der Waals surface area contributed by atoms with Crippen molar-refractivity contribution in [2.45, 2.75) is 64.3 Å². The molecule has 0 atom stereocenters. The Hall–Kier alpha value is -3.34. The van der Waals surface area contributed by atoms with Gasteiger partial charge in [-0.1, -0.05) is 23.7 Å². The van der Waals surface area contributed by atoms with Crippen molar-refractivity contribution in [1.82, 2.24) is 25.1 Å². The van der Waals surface area contributed by atoms with Crippen LogP contribution in [0.1, 0.15) is 52.0 Å². The first kappa shape index (κ1) is 27.7. The largest absolute Gasteiger partial charge is 0.488 e.